The van der Waals surface area contributed by atoms with E-state index < -0.39 is 6.04 Å². The number of methoxy groups -OCH3 is 1. The van der Waals surface area contributed by atoms with Gasteiger partial charge in [-0.1, -0.05) is 26.0 Å². The monoisotopic (exact) mass is 437 g/mol. The Balaban J connectivity index is 1.86. The molecule has 2 amide bonds. The molecule has 0 saturated heterocycles. The Morgan fingerprint density at radius 2 is 1.84 bits per heavy atom. The smallest absolute Gasteiger partial charge is 0.245 e. The van der Waals surface area contributed by atoms with E-state index in [4.69, 9.17) is 14.5 Å². The summed E-state index contributed by atoms with van der Waals surface area (Å²) in [4.78, 5) is 29.2. The number of carbonyl (C=O) groups is 2. The summed E-state index contributed by atoms with van der Waals surface area (Å²) < 4.78 is 11.1. The molecule has 7 nitrogen and oxygen atoms in total. The van der Waals surface area contributed by atoms with Crippen LogP contribution < -0.4 is 20.1 Å². The van der Waals surface area contributed by atoms with Crippen LogP contribution in [0, 0.1) is 0 Å². The van der Waals surface area contributed by atoms with Gasteiger partial charge in [-0.25, -0.2) is 0 Å². The predicted molar refractivity (Wildman–Crippen MR) is 126 cm³/mol. The third-order valence-electron chi connectivity index (χ3n) is 5.40. The van der Waals surface area contributed by atoms with Crippen molar-refractivity contribution in [2.75, 3.05) is 19.0 Å². The van der Waals surface area contributed by atoms with Gasteiger partial charge >= 0.3 is 0 Å². The van der Waals surface area contributed by atoms with Crippen LogP contribution in [-0.2, 0) is 16.0 Å². The molecule has 1 aliphatic rings. The lowest BCUT2D eigenvalue weighted by Crippen LogP contribution is -2.50. The first kappa shape index (κ1) is 23.3. The number of carbonyl (C=O) groups excluding carboxylic acids is 2. The van der Waals surface area contributed by atoms with Crippen LogP contribution in [0.15, 0.2) is 47.5 Å². The molecular formula is C25H31N3O4. The van der Waals surface area contributed by atoms with Crippen LogP contribution in [0.5, 0.6) is 11.5 Å². The molecule has 2 aromatic carbocycles. The van der Waals surface area contributed by atoms with E-state index in [0.29, 0.717) is 30.9 Å². The summed E-state index contributed by atoms with van der Waals surface area (Å²) in [6.45, 7) is 6.29. The predicted octanol–water partition coefficient (Wildman–Crippen LogP) is 3.75. The van der Waals surface area contributed by atoms with Crippen molar-refractivity contribution in [2.24, 2.45) is 4.99 Å². The van der Waals surface area contributed by atoms with Gasteiger partial charge in [-0.05, 0) is 49.2 Å². The molecule has 170 valence electrons. The fourth-order valence-electron chi connectivity index (χ4n) is 3.66. The SMILES string of the molecule is CCOc1cc(C2=NC(Cc3ccc(NC(=O)CC)cc3)C(=O)NC2CC)ccc1OC. The molecule has 0 aliphatic carbocycles. The first-order valence-corrected chi connectivity index (χ1v) is 11.1. The number of ether oxygens (including phenoxy) is 2. The highest BCUT2D eigenvalue weighted by molar-refractivity contribution is 6.09. The lowest BCUT2D eigenvalue weighted by atomic mass is 9.95. The van der Waals surface area contributed by atoms with Gasteiger partial charge in [0.25, 0.3) is 0 Å². The van der Waals surface area contributed by atoms with Gasteiger partial charge in [-0.15, -0.1) is 0 Å². The lowest BCUT2D eigenvalue weighted by Gasteiger charge is -2.29. The molecule has 1 heterocycles. The number of amides is 2. The molecule has 0 aromatic heterocycles. The molecule has 0 fully saturated rings. The molecule has 2 unspecified atom stereocenters. The van der Waals surface area contributed by atoms with E-state index >= 15 is 0 Å². The molecule has 0 saturated carbocycles. The highest BCUT2D eigenvalue weighted by Gasteiger charge is 2.30. The van der Waals surface area contributed by atoms with Crippen LogP contribution in [0.4, 0.5) is 5.69 Å². The summed E-state index contributed by atoms with van der Waals surface area (Å²) in [5.74, 6) is 1.21. The van der Waals surface area contributed by atoms with E-state index in [1.54, 1.807) is 7.11 Å². The van der Waals surface area contributed by atoms with E-state index in [-0.39, 0.29) is 17.9 Å². The number of aliphatic imine (C=N–C) groups is 1. The van der Waals surface area contributed by atoms with Crippen molar-refractivity contribution in [3.05, 3.63) is 53.6 Å². The fourth-order valence-corrected chi connectivity index (χ4v) is 3.66. The van der Waals surface area contributed by atoms with Crippen LogP contribution in [-0.4, -0.2) is 43.3 Å². The molecule has 32 heavy (non-hydrogen) atoms. The van der Waals surface area contributed by atoms with Gasteiger partial charge in [0.05, 0.1) is 25.5 Å². The second-order valence-corrected chi connectivity index (χ2v) is 7.60. The second kappa shape index (κ2) is 10.8. The zero-order valence-corrected chi connectivity index (χ0v) is 19.1. The maximum absolute atomic E-state index is 12.7. The Morgan fingerprint density at radius 1 is 1.09 bits per heavy atom. The van der Waals surface area contributed by atoms with Crippen LogP contribution in [0.2, 0.25) is 0 Å². The minimum absolute atomic E-state index is 0.0322. The molecule has 0 radical (unpaired) electrons. The summed E-state index contributed by atoms with van der Waals surface area (Å²) >= 11 is 0. The summed E-state index contributed by atoms with van der Waals surface area (Å²) in [6.07, 6.45) is 1.64. The van der Waals surface area contributed by atoms with E-state index in [9.17, 15) is 9.59 Å². The number of nitrogens with one attached hydrogen (secondary N) is 2. The van der Waals surface area contributed by atoms with Gasteiger partial charge in [0.1, 0.15) is 6.04 Å². The Morgan fingerprint density at radius 3 is 2.47 bits per heavy atom. The minimum Gasteiger partial charge on any atom is -0.493 e. The van der Waals surface area contributed by atoms with Crippen molar-refractivity contribution in [1.82, 2.24) is 5.32 Å². The minimum atomic E-state index is -0.526. The second-order valence-electron chi connectivity index (χ2n) is 7.60. The fraction of sp³-hybridized carbons (Fsp3) is 0.400. The summed E-state index contributed by atoms with van der Waals surface area (Å²) in [5.41, 5.74) is 3.46. The Bertz CT molecular complexity index is 985. The van der Waals surface area contributed by atoms with E-state index in [2.05, 4.69) is 10.6 Å². The molecule has 0 bridgehead atoms. The quantitative estimate of drug-likeness (QED) is 0.625. The third kappa shape index (κ3) is 5.46. The van der Waals surface area contributed by atoms with Gasteiger partial charge in [0.2, 0.25) is 11.8 Å². The van der Waals surface area contributed by atoms with E-state index in [0.717, 1.165) is 28.9 Å². The van der Waals surface area contributed by atoms with Crippen molar-refractivity contribution in [2.45, 2.75) is 52.1 Å². The zero-order valence-electron chi connectivity index (χ0n) is 19.1. The number of benzene rings is 2. The van der Waals surface area contributed by atoms with Crippen LogP contribution >= 0.6 is 0 Å². The number of hydrogen-bond donors (Lipinski definition) is 2. The molecule has 7 heteroatoms. The Labute approximate surface area is 189 Å². The molecule has 0 spiro atoms. The van der Waals surface area contributed by atoms with Gasteiger partial charge < -0.3 is 20.1 Å². The largest absolute Gasteiger partial charge is 0.493 e. The first-order chi connectivity index (χ1) is 15.5. The van der Waals surface area contributed by atoms with Gasteiger partial charge in [0.15, 0.2) is 11.5 Å². The molecule has 1 aliphatic heterocycles. The third-order valence-corrected chi connectivity index (χ3v) is 5.40. The summed E-state index contributed by atoms with van der Waals surface area (Å²) in [7, 11) is 1.61. The number of nitrogens with zero attached hydrogens (tertiary/aromatic N) is 1. The van der Waals surface area contributed by atoms with E-state index in [1.165, 1.54) is 0 Å². The lowest BCUT2D eigenvalue weighted by molar-refractivity contribution is -0.123. The van der Waals surface area contributed by atoms with Crippen LogP contribution in [0.1, 0.15) is 44.7 Å². The molecular weight excluding hydrogens is 406 g/mol. The topological polar surface area (TPSA) is 89.0 Å². The first-order valence-electron chi connectivity index (χ1n) is 11.1. The van der Waals surface area contributed by atoms with Crippen molar-refractivity contribution in [3.63, 3.8) is 0 Å². The highest BCUT2D eigenvalue weighted by Crippen LogP contribution is 2.30. The van der Waals surface area contributed by atoms with Crippen molar-refractivity contribution >= 4 is 23.2 Å². The van der Waals surface area contributed by atoms with Crippen molar-refractivity contribution < 1.29 is 19.1 Å². The molecule has 2 aromatic rings. The maximum atomic E-state index is 12.7. The van der Waals surface area contributed by atoms with Crippen LogP contribution in [0.25, 0.3) is 0 Å². The van der Waals surface area contributed by atoms with E-state index in [1.807, 2.05) is 63.2 Å². The summed E-state index contributed by atoms with van der Waals surface area (Å²) in [5, 5.41) is 5.94. The van der Waals surface area contributed by atoms with Crippen LogP contribution in [0.3, 0.4) is 0 Å². The van der Waals surface area contributed by atoms with Gasteiger partial charge in [0, 0.05) is 24.1 Å². The molecule has 2 atom stereocenters. The van der Waals surface area contributed by atoms with Crippen molar-refractivity contribution in [3.8, 4) is 11.5 Å². The average molecular weight is 438 g/mol. The van der Waals surface area contributed by atoms with Gasteiger partial charge in [-0.2, -0.15) is 0 Å². The zero-order chi connectivity index (χ0) is 23.1. The normalized spacial score (nSPS) is 17.9. The molecule has 2 N–H and O–H groups in total. The molecule has 3 rings (SSSR count). The summed E-state index contributed by atoms with van der Waals surface area (Å²) in [6, 6.07) is 12.6. The Kier molecular flexibility index (Phi) is 7.87. The Hall–Kier alpha value is -3.35. The number of anilines is 1. The van der Waals surface area contributed by atoms with Gasteiger partial charge in [-0.3, -0.25) is 14.6 Å². The highest BCUT2D eigenvalue weighted by atomic mass is 16.5. The number of hydrogen-bond acceptors (Lipinski definition) is 5. The standard InChI is InChI=1S/C25H31N3O4/c1-5-19-24(17-10-13-21(31-4)22(15-17)32-7-3)27-20(25(30)28-19)14-16-8-11-18(12-9-16)26-23(29)6-2/h8-13,15,19-20H,5-7,14H2,1-4H3,(H,26,29)(H,28,30). The average Bonchev–Trinajstić information content (AvgIpc) is 2.81. The number of rotatable bonds is 9. The maximum Gasteiger partial charge on any atom is 0.245 e. The van der Waals surface area contributed by atoms with Crippen molar-refractivity contribution in [1.29, 1.82) is 0 Å².